The van der Waals surface area contributed by atoms with Crippen molar-refractivity contribution in [1.82, 2.24) is 15.6 Å². The average Bonchev–Trinajstić information content (AvgIpc) is 3.00. The highest BCUT2D eigenvalue weighted by molar-refractivity contribution is 5.90. The lowest BCUT2D eigenvalue weighted by Crippen LogP contribution is -2.38. The summed E-state index contributed by atoms with van der Waals surface area (Å²) in [5, 5.41) is 10.3. The van der Waals surface area contributed by atoms with Crippen molar-refractivity contribution in [3.63, 3.8) is 0 Å². The number of guanidine groups is 1. The molecule has 3 aromatic rings. The van der Waals surface area contributed by atoms with E-state index in [1.165, 1.54) is 0 Å². The Morgan fingerprint density at radius 3 is 2.68 bits per heavy atom. The monoisotopic (exact) mass is 379 g/mol. The number of furan rings is 1. The van der Waals surface area contributed by atoms with Gasteiger partial charge in [0.2, 0.25) is 5.91 Å². The second kappa shape index (κ2) is 9.03. The zero-order valence-corrected chi connectivity index (χ0v) is 16.4. The number of aryl methyl sites for hydroxylation is 2. The number of hydrogen-bond acceptors (Lipinski definition) is 4. The maximum atomic E-state index is 12.1. The van der Waals surface area contributed by atoms with E-state index in [0.29, 0.717) is 31.3 Å². The number of benzene rings is 1. The summed E-state index contributed by atoms with van der Waals surface area (Å²) in [5.41, 5.74) is 2.85. The van der Waals surface area contributed by atoms with Gasteiger partial charge in [0.1, 0.15) is 17.2 Å². The smallest absolute Gasteiger partial charge is 0.227 e. The van der Waals surface area contributed by atoms with Crippen LogP contribution in [0, 0.1) is 13.8 Å². The molecule has 0 radical (unpaired) electrons. The van der Waals surface area contributed by atoms with Crippen molar-refractivity contribution in [2.45, 2.75) is 26.8 Å². The van der Waals surface area contributed by atoms with Crippen LogP contribution in [0.1, 0.15) is 23.4 Å². The third-order valence-corrected chi connectivity index (χ3v) is 4.38. The van der Waals surface area contributed by atoms with E-state index in [1.54, 1.807) is 13.1 Å². The summed E-state index contributed by atoms with van der Waals surface area (Å²) in [6.07, 6.45) is 0.306. The van der Waals surface area contributed by atoms with E-state index < -0.39 is 0 Å². The SMILES string of the molecule is CN=C(NCCC(=O)Nc1cccc(C)n1)NCc1oc2ccccc2c1C. The first-order chi connectivity index (χ1) is 13.6. The average molecular weight is 379 g/mol. The van der Waals surface area contributed by atoms with E-state index in [4.69, 9.17) is 4.42 Å². The zero-order chi connectivity index (χ0) is 19.9. The van der Waals surface area contributed by atoms with Gasteiger partial charge in [-0.3, -0.25) is 9.79 Å². The third kappa shape index (κ3) is 4.88. The van der Waals surface area contributed by atoms with Crippen LogP contribution < -0.4 is 16.0 Å². The molecule has 0 aliphatic heterocycles. The van der Waals surface area contributed by atoms with E-state index >= 15 is 0 Å². The molecule has 2 aromatic heterocycles. The van der Waals surface area contributed by atoms with Gasteiger partial charge in [0.25, 0.3) is 0 Å². The first kappa shape index (κ1) is 19.4. The molecule has 0 fully saturated rings. The van der Waals surface area contributed by atoms with Crippen LogP contribution in [0.25, 0.3) is 11.0 Å². The van der Waals surface area contributed by atoms with Crippen molar-refractivity contribution < 1.29 is 9.21 Å². The van der Waals surface area contributed by atoms with E-state index in [2.05, 4.69) is 25.9 Å². The minimum absolute atomic E-state index is 0.103. The number of carbonyl (C=O) groups is 1. The number of nitrogens with zero attached hydrogens (tertiary/aromatic N) is 2. The van der Waals surface area contributed by atoms with Crippen molar-refractivity contribution in [2.24, 2.45) is 4.99 Å². The molecule has 0 aliphatic rings. The number of para-hydroxylation sites is 1. The van der Waals surface area contributed by atoms with Gasteiger partial charge >= 0.3 is 0 Å². The van der Waals surface area contributed by atoms with E-state index in [0.717, 1.165) is 28.0 Å². The summed E-state index contributed by atoms with van der Waals surface area (Å²) in [7, 11) is 1.69. The minimum atomic E-state index is -0.103. The highest BCUT2D eigenvalue weighted by atomic mass is 16.3. The van der Waals surface area contributed by atoms with Gasteiger partial charge < -0.3 is 20.4 Å². The van der Waals surface area contributed by atoms with Gasteiger partial charge in [-0.2, -0.15) is 0 Å². The number of hydrogen-bond donors (Lipinski definition) is 3. The number of rotatable bonds is 6. The summed E-state index contributed by atoms with van der Waals surface area (Å²) >= 11 is 0. The lowest BCUT2D eigenvalue weighted by atomic mass is 10.1. The third-order valence-electron chi connectivity index (χ3n) is 4.38. The Balaban J connectivity index is 1.46. The Morgan fingerprint density at radius 2 is 1.93 bits per heavy atom. The van der Waals surface area contributed by atoms with Crippen LogP contribution in [0.5, 0.6) is 0 Å². The van der Waals surface area contributed by atoms with Crippen molar-refractivity contribution in [1.29, 1.82) is 0 Å². The normalized spacial score (nSPS) is 11.5. The van der Waals surface area contributed by atoms with Gasteiger partial charge in [-0.15, -0.1) is 0 Å². The Labute approximate surface area is 164 Å². The minimum Gasteiger partial charge on any atom is -0.459 e. The Kier molecular flexibility index (Phi) is 6.26. The topological polar surface area (TPSA) is 91.5 Å². The van der Waals surface area contributed by atoms with Crippen LogP contribution in [0.4, 0.5) is 5.82 Å². The molecule has 0 aliphatic carbocycles. The molecule has 146 valence electrons. The second-order valence-corrected chi connectivity index (χ2v) is 6.46. The van der Waals surface area contributed by atoms with Gasteiger partial charge in [-0.25, -0.2) is 4.98 Å². The van der Waals surface area contributed by atoms with E-state index in [1.807, 2.05) is 50.2 Å². The van der Waals surface area contributed by atoms with Crippen molar-refractivity contribution in [3.05, 3.63) is 59.5 Å². The quantitative estimate of drug-likeness (QED) is 0.452. The molecule has 1 amide bonds. The summed E-state index contributed by atoms with van der Waals surface area (Å²) in [6, 6.07) is 13.5. The van der Waals surface area contributed by atoms with E-state index in [-0.39, 0.29) is 5.91 Å². The Hall–Kier alpha value is -3.35. The van der Waals surface area contributed by atoms with Crippen LogP contribution in [0.2, 0.25) is 0 Å². The molecule has 7 nitrogen and oxygen atoms in total. The van der Waals surface area contributed by atoms with Crippen LogP contribution in [0.15, 0.2) is 51.9 Å². The molecule has 0 atom stereocenters. The Bertz CT molecular complexity index is 993. The number of pyridine rings is 1. The summed E-state index contributed by atoms with van der Waals surface area (Å²) in [5.74, 6) is 1.94. The maximum Gasteiger partial charge on any atom is 0.227 e. The predicted molar refractivity (Wildman–Crippen MR) is 111 cm³/mol. The molecule has 3 N–H and O–H groups in total. The fraction of sp³-hybridized carbons (Fsp3) is 0.286. The lowest BCUT2D eigenvalue weighted by Gasteiger charge is -2.11. The molecule has 1 aromatic carbocycles. The number of nitrogens with one attached hydrogen (secondary N) is 3. The van der Waals surface area contributed by atoms with Crippen LogP contribution in [0.3, 0.4) is 0 Å². The molecule has 7 heteroatoms. The number of aliphatic imine (C=N–C) groups is 1. The number of carbonyl (C=O) groups excluding carboxylic acids is 1. The predicted octanol–water partition coefficient (Wildman–Crippen LogP) is 3.14. The maximum absolute atomic E-state index is 12.1. The van der Waals surface area contributed by atoms with Gasteiger partial charge in [0.05, 0.1) is 6.54 Å². The van der Waals surface area contributed by atoms with Crippen molar-refractivity contribution >= 4 is 28.7 Å². The van der Waals surface area contributed by atoms with Gasteiger partial charge in [-0.1, -0.05) is 24.3 Å². The van der Waals surface area contributed by atoms with Crippen molar-refractivity contribution in [2.75, 3.05) is 18.9 Å². The fourth-order valence-electron chi connectivity index (χ4n) is 2.89. The summed E-state index contributed by atoms with van der Waals surface area (Å²) in [4.78, 5) is 20.5. The summed E-state index contributed by atoms with van der Waals surface area (Å²) < 4.78 is 5.90. The van der Waals surface area contributed by atoms with Crippen LogP contribution in [-0.2, 0) is 11.3 Å². The molecule has 3 rings (SSSR count). The fourth-order valence-corrected chi connectivity index (χ4v) is 2.89. The first-order valence-electron chi connectivity index (χ1n) is 9.22. The highest BCUT2D eigenvalue weighted by Crippen LogP contribution is 2.24. The molecule has 0 saturated carbocycles. The van der Waals surface area contributed by atoms with Gasteiger partial charge in [0.15, 0.2) is 5.96 Å². The Morgan fingerprint density at radius 1 is 1.11 bits per heavy atom. The van der Waals surface area contributed by atoms with E-state index in [9.17, 15) is 4.79 Å². The largest absolute Gasteiger partial charge is 0.459 e. The first-order valence-corrected chi connectivity index (χ1v) is 9.22. The van der Waals surface area contributed by atoms with Gasteiger partial charge in [-0.05, 0) is 32.0 Å². The number of aromatic nitrogens is 1. The number of anilines is 1. The molecular formula is C21H25N5O2. The van der Waals surface area contributed by atoms with Crippen LogP contribution in [-0.4, -0.2) is 30.4 Å². The zero-order valence-electron chi connectivity index (χ0n) is 16.4. The highest BCUT2D eigenvalue weighted by Gasteiger charge is 2.10. The van der Waals surface area contributed by atoms with Crippen LogP contribution >= 0.6 is 0 Å². The number of amides is 1. The standard InChI is InChI=1S/C21H25N5O2/c1-14-7-6-10-19(25-14)26-20(27)11-12-23-21(22-3)24-13-18-15(2)16-8-4-5-9-17(16)28-18/h4-10H,11-13H2,1-3H3,(H2,22,23,24)(H,25,26,27). The number of fused-ring (bicyclic) bond motifs is 1. The lowest BCUT2D eigenvalue weighted by molar-refractivity contribution is -0.116. The molecule has 0 bridgehead atoms. The molecule has 0 spiro atoms. The second-order valence-electron chi connectivity index (χ2n) is 6.46. The molecule has 28 heavy (non-hydrogen) atoms. The summed E-state index contributed by atoms with van der Waals surface area (Å²) in [6.45, 7) is 4.90. The molecule has 0 unspecified atom stereocenters. The van der Waals surface area contributed by atoms with Crippen molar-refractivity contribution in [3.8, 4) is 0 Å². The molecule has 0 saturated heterocycles. The molecule has 2 heterocycles. The molecular weight excluding hydrogens is 354 g/mol. The van der Waals surface area contributed by atoms with Gasteiger partial charge in [0, 0.05) is 36.7 Å².